The Morgan fingerprint density at radius 2 is 1.90 bits per heavy atom. The minimum Gasteiger partial charge on any atom is -0.360 e. The van der Waals surface area contributed by atoms with Gasteiger partial charge in [-0.25, -0.2) is 14.4 Å². The van der Waals surface area contributed by atoms with Gasteiger partial charge in [-0.05, 0) is 24.7 Å². The number of anilines is 2. The first-order chi connectivity index (χ1) is 13.7. The van der Waals surface area contributed by atoms with Crippen LogP contribution in [0.1, 0.15) is 11.1 Å². The molecule has 2 aromatic rings. The molecule has 1 fully saturated rings. The van der Waals surface area contributed by atoms with Crippen molar-refractivity contribution in [1.29, 1.82) is 0 Å². The molecule has 2 heterocycles. The minimum atomic E-state index is -4.84. The minimum absolute atomic E-state index is 0.104. The van der Waals surface area contributed by atoms with Gasteiger partial charge in [0, 0.05) is 32.7 Å². The molecule has 3 rings (SSSR count). The largest absolute Gasteiger partial charge is 0.419 e. The quantitative estimate of drug-likeness (QED) is 0.457. The lowest BCUT2D eigenvalue weighted by Crippen LogP contribution is -2.45. The fraction of sp³-hybridized carbons (Fsp3) is 0.412. The number of alkyl halides is 3. The van der Waals surface area contributed by atoms with E-state index in [4.69, 9.17) is 0 Å². The van der Waals surface area contributed by atoms with Crippen molar-refractivity contribution in [3.05, 3.63) is 51.6 Å². The third kappa shape index (κ3) is 4.70. The zero-order valence-electron chi connectivity index (χ0n) is 15.4. The van der Waals surface area contributed by atoms with E-state index in [1.165, 1.54) is 6.07 Å². The number of hydrogen-bond acceptors (Lipinski definition) is 7. The van der Waals surface area contributed by atoms with Crippen molar-refractivity contribution < 1.29 is 22.5 Å². The van der Waals surface area contributed by atoms with Crippen LogP contribution in [-0.4, -0.2) is 53.0 Å². The summed E-state index contributed by atoms with van der Waals surface area (Å²) in [5.41, 5.74) is -1.64. The molecule has 0 amide bonds. The molecular weight excluding hydrogens is 396 g/mol. The van der Waals surface area contributed by atoms with E-state index in [2.05, 4.69) is 20.2 Å². The molecule has 0 aliphatic carbocycles. The van der Waals surface area contributed by atoms with Gasteiger partial charge in [-0.2, -0.15) is 13.2 Å². The van der Waals surface area contributed by atoms with Gasteiger partial charge in [-0.1, -0.05) is 6.07 Å². The number of hydrogen-bond donors (Lipinski definition) is 1. The predicted molar refractivity (Wildman–Crippen MR) is 97.1 cm³/mol. The van der Waals surface area contributed by atoms with E-state index in [-0.39, 0.29) is 29.4 Å². The Balaban J connectivity index is 1.85. The van der Waals surface area contributed by atoms with E-state index in [0.717, 1.165) is 6.33 Å². The van der Waals surface area contributed by atoms with Crippen molar-refractivity contribution in [2.24, 2.45) is 0 Å². The number of piperazine rings is 1. The van der Waals surface area contributed by atoms with Crippen LogP contribution in [0, 0.1) is 15.9 Å². The highest BCUT2D eigenvalue weighted by atomic mass is 19.4. The first kappa shape index (κ1) is 20.7. The summed E-state index contributed by atoms with van der Waals surface area (Å²) >= 11 is 0. The van der Waals surface area contributed by atoms with Crippen molar-refractivity contribution in [1.82, 2.24) is 14.9 Å². The lowest BCUT2D eigenvalue weighted by Gasteiger charge is -2.32. The first-order valence-corrected chi connectivity index (χ1v) is 8.69. The van der Waals surface area contributed by atoms with Gasteiger partial charge in [0.1, 0.15) is 12.1 Å². The van der Waals surface area contributed by atoms with Gasteiger partial charge in [0.15, 0.2) is 0 Å². The maximum atomic E-state index is 13.4. The Labute approximate surface area is 163 Å². The van der Waals surface area contributed by atoms with Crippen LogP contribution in [-0.2, 0) is 12.7 Å². The molecule has 0 radical (unpaired) electrons. The number of rotatable bonds is 5. The van der Waals surface area contributed by atoms with E-state index in [1.54, 1.807) is 4.90 Å². The van der Waals surface area contributed by atoms with Gasteiger partial charge in [-0.3, -0.25) is 10.1 Å². The Morgan fingerprint density at radius 1 is 1.21 bits per heavy atom. The maximum absolute atomic E-state index is 13.4. The average molecular weight is 414 g/mol. The van der Waals surface area contributed by atoms with Gasteiger partial charge in [0.25, 0.3) is 0 Å². The molecule has 1 aliphatic rings. The lowest BCUT2D eigenvalue weighted by atomic mass is 10.1. The maximum Gasteiger partial charge on any atom is 0.419 e. The van der Waals surface area contributed by atoms with E-state index >= 15 is 0 Å². The monoisotopic (exact) mass is 414 g/mol. The molecule has 0 spiro atoms. The molecule has 0 unspecified atom stereocenters. The fourth-order valence-electron chi connectivity index (χ4n) is 3.00. The summed E-state index contributed by atoms with van der Waals surface area (Å²) in [6.07, 6.45) is -3.68. The van der Waals surface area contributed by atoms with Crippen molar-refractivity contribution in [2.75, 3.05) is 43.4 Å². The Kier molecular flexibility index (Phi) is 5.82. The second-order valence-electron chi connectivity index (χ2n) is 6.61. The third-order valence-electron chi connectivity index (χ3n) is 4.58. The highest BCUT2D eigenvalue weighted by Crippen LogP contribution is 2.34. The van der Waals surface area contributed by atoms with E-state index in [0.29, 0.717) is 38.3 Å². The summed E-state index contributed by atoms with van der Waals surface area (Å²) in [6, 6.07) is 2.55. The van der Waals surface area contributed by atoms with Crippen molar-refractivity contribution in [3.8, 4) is 0 Å². The van der Waals surface area contributed by atoms with E-state index in [1.807, 2.05) is 7.05 Å². The summed E-state index contributed by atoms with van der Waals surface area (Å²) in [6.45, 7) is 2.30. The molecule has 156 valence electrons. The van der Waals surface area contributed by atoms with Gasteiger partial charge in [-0.15, -0.1) is 0 Å². The van der Waals surface area contributed by atoms with E-state index < -0.39 is 22.5 Å². The molecule has 0 atom stereocenters. The zero-order chi connectivity index (χ0) is 21.2. The summed E-state index contributed by atoms with van der Waals surface area (Å²) in [5.74, 6) is -1.35. The van der Waals surface area contributed by atoms with E-state index in [9.17, 15) is 27.7 Å². The second-order valence-corrected chi connectivity index (χ2v) is 6.61. The van der Waals surface area contributed by atoms with Crippen LogP contribution in [0.25, 0.3) is 0 Å². The van der Waals surface area contributed by atoms with Gasteiger partial charge in [0.05, 0.1) is 10.5 Å². The van der Waals surface area contributed by atoms with Gasteiger partial charge >= 0.3 is 11.9 Å². The number of nitrogens with zero attached hydrogens (tertiary/aromatic N) is 5. The van der Waals surface area contributed by atoms with Crippen LogP contribution in [0.4, 0.5) is 34.9 Å². The van der Waals surface area contributed by atoms with Crippen molar-refractivity contribution in [2.45, 2.75) is 12.7 Å². The van der Waals surface area contributed by atoms with Crippen molar-refractivity contribution >= 4 is 17.3 Å². The molecule has 0 saturated carbocycles. The van der Waals surface area contributed by atoms with Crippen LogP contribution < -0.4 is 10.2 Å². The summed E-state index contributed by atoms with van der Waals surface area (Å²) in [5, 5.41) is 14.3. The molecule has 1 aromatic carbocycles. The summed E-state index contributed by atoms with van der Waals surface area (Å²) < 4.78 is 52.0. The number of likely N-dealkylation sites (N-methyl/N-ethyl adjacent to an activating group) is 1. The second kappa shape index (κ2) is 8.15. The van der Waals surface area contributed by atoms with Crippen LogP contribution in [0.2, 0.25) is 0 Å². The van der Waals surface area contributed by atoms with Crippen LogP contribution in [0.15, 0.2) is 24.5 Å². The SMILES string of the molecule is CN1CCN(c2ncnc(NCc3ccc(F)c(C(F)(F)F)c3)c2[N+](=O)[O-])CC1. The fourth-order valence-corrected chi connectivity index (χ4v) is 3.00. The lowest BCUT2D eigenvalue weighted by molar-refractivity contribution is -0.383. The number of nitro groups is 1. The van der Waals surface area contributed by atoms with Crippen LogP contribution in [0.3, 0.4) is 0 Å². The first-order valence-electron chi connectivity index (χ1n) is 8.69. The molecular formula is C17H18F4N6O2. The summed E-state index contributed by atoms with van der Waals surface area (Å²) in [4.78, 5) is 22.8. The average Bonchev–Trinajstić information content (AvgIpc) is 2.66. The zero-order valence-corrected chi connectivity index (χ0v) is 15.4. The van der Waals surface area contributed by atoms with Gasteiger partial charge < -0.3 is 15.1 Å². The van der Waals surface area contributed by atoms with Crippen molar-refractivity contribution in [3.63, 3.8) is 0 Å². The topological polar surface area (TPSA) is 87.4 Å². The number of halogens is 4. The molecule has 1 aliphatic heterocycles. The number of benzene rings is 1. The molecule has 8 nitrogen and oxygen atoms in total. The Hall–Kier alpha value is -3.02. The molecule has 0 bridgehead atoms. The Bertz CT molecular complexity index is 900. The molecule has 29 heavy (non-hydrogen) atoms. The molecule has 1 N–H and O–H groups in total. The standard InChI is InChI=1S/C17H18F4N6O2/c1-25-4-6-26(7-5-25)16-14(27(28)29)15(23-10-24-16)22-9-11-2-3-13(18)12(8-11)17(19,20)21/h2-3,8,10H,4-7,9H2,1H3,(H,22,23,24). The number of aromatic nitrogens is 2. The number of nitrogens with one attached hydrogen (secondary N) is 1. The van der Waals surface area contributed by atoms with Gasteiger partial charge in [0.2, 0.25) is 11.6 Å². The third-order valence-corrected chi connectivity index (χ3v) is 4.58. The molecule has 1 saturated heterocycles. The smallest absolute Gasteiger partial charge is 0.360 e. The van der Waals surface area contributed by atoms with Crippen LogP contribution >= 0.6 is 0 Å². The molecule has 1 aromatic heterocycles. The predicted octanol–water partition coefficient (Wildman–Crippen LogP) is 2.91. The molecule has 12 heteroatoms. The normalized spacial score (nSPS) is 15.4. The van der Waals surface area contributed by atoms with Crippen LogP contribution in [0.5, 0.6) is 0 Å². The summed E-state index contributed by atoms with van der Waals surface area (Å²) in [7, 11) is 1.94. The highest BCUT2D eigenvalue weighted by molar-refractivity contribution is 5.70. The highest BCUT2D eigenvalue weighted by Gasteiger charge is 2.34. The Morgan fingerprint density at radius 3 is 2.52 bits per heavy atom.